The first-order valence-corrected chi connectivity index (χ1v) is 28.1. The number of aliphatic carboxylic acids is 2. The fourth-order valence-electron chi connectivity index (χ4n) is 11.4. The maximum absolute atomic E-state index is 12.8. The summed E-state index contributed by atoms with van der Waals surface area (Å²) < 4.78 is 0. The zero-order chi connectivity index (χ0) is 56.4. The van der Waals surface area contributed by atoms with Gasteiger partial charge in [-0.2, -0.15) is 0 Å². The largest absolute Gasteiger partial charge is 0.481 e. The van der Waals surface area contributed by atoms with Crippen molar-refractivity contribution < 1.29 is 39.9 Å². The van der Waals surface area contributed by atoms with Crippen molar-refractivity contribution in [2.45, 2.75) is 135 Å². The van der Waals surface area contributed by atoms with Gasteiger partial charge in [-0.1, -0.05) is 168 Å². The van der Waals surface area contributed by atoms with Gasteiger partial charge in [0.05, 0.1) is 16.9 Å². The molecule has 6 aromatic rings. The second kappa shape index (κ2) is 25.7. The van der Waals surface area contributed by atoms with Crippen LogP contribution in [0.1, 0.15) is 157 Å². The van der Waals surface area contributed by atoms with Crippen molar-refractivity contribution in [3.05, 3.63) is 212 Å². The number of nitrogens with zero attached hydrogens (tertiary/aromatic N) is 2. The number of rotatable bonds is 20. The van der Waals surface area contributed by atoms with E-state index in [4.69, 9.17) is 0 Å². The summed E-state index contributed by atoms with van der Waals surface area (Å²) in [5.41, 5.74) is 7.36. The molecule has 0 amide bonds. The molecule has 1 atom stereocenters. The molecule has 0 bridgehead atoms. The minimum Gasteiger partial charge on any atom is -0.481 e. The topological polar surface area (TPSA) is 159 Å². The number of likely N-dealkylation sites (tertiary alicyclic amines) is 2. The number of carboxylic acids is 2. The summed E-state index contributed by atoms with van der Waals surface area (Å²) in [5, 5.41) is 54.1. The number of ketones is 1. The van der Waals surface area contributed by atoms with E-state index in [1.54, 1.807) is 64.1 Å². The first-order valence-electron chi connectivity index (χ1n) is 28.1. The van der Waals surface area contributed by atoms with E-state index in [-0.39, 0.29) is 17.6 Å². The molecule has 2 heterocycles. The normalized spacial score (nSPS) is 15.8. The van der Waals surface area contributed by atoms with Crippen molar-refractivity contribution in [2.24, 2.45) is 11.8 Å². The highest BCUT2D eigenvalue weighted by atomic mass is 16.4. The highest BCUT2D eigenvalue weighted by Gasteiger charge is 2.43. The molecule has 6 aromatic carbocycles. The molecule has 10 heteroatoms. The number of aliphatic hydroxyl groups is 3. The van der Waals surface area contributed by atoms with Crippen molar-refractivity contribution in [3.8, 4) is 0 Å². The Bertz CT molecular complexity index is 2800. The zero-order valence-corrected chi connectivity index (χ0v) is 47.3. The average molecular weight is 1060 g/mol. The van der Waals surface area contributed by atoms with Gasteiger partial charge in [-0.25, -0.2) is 0 Å². The number of hydrogen-bond donors (Lipinski definition) is 5. The quantitative estimate of drug-likeness (QED) is 0.0466. The summed E-state index contributed by atoms with van der Waals surface area (Å²) in [6.45, 7) is 20.3. The van der Waals surface area contributed by atoms with Gasteiger partial charge in [0.1, 0.15) is 11.2 Å². The van der Waals surface area contributed by atoms with Crippen LogP contribution in [0.4, 0.5) is 0 Å². The molecule has 1 unspecified atom stereocenters. The molecule has 2 fully saturated rings. The van der Waals surface area contributed by atoms with E-state index in [1.807, 2.05) is 12.1 Å². The Morgan fingerprint density at radius 2 is 0.756 bits per heavy atom. The predicted molar refractivity (Wildman–Crippen MR) is 311 cm³/mol. The third-order valence-corrected chi connectivity index (χ3v) is 17.2. The lowest BCUT2D eigenvalue weighted by atomic mass is 9.72. The van der Waals surface area contributed by atoms with Crippen LogP contribution in [0, 0.1) is 39.5 Å². The molecule has 0 radical (unpaired) electrons. The third kappa shape index (κ3) is 13.9. The van der Waals surface area contributed by atoms with Gasteiger partial charge >= 0.3 is 11.9 Å². The molecule has 414 valence electrons. The van der Waals surface area contributed by atoms with Crippen molar-refractivity contribution in [2.75, 3.05) is 39.3 Å². The van der Waals surface area contributed by atoms with Crippen molar-refractivity contribution in [1.82, 2.24) is 9.80 Å². The van der Waals surface area contributed by atoms with Crippen molar-refractivity contribution >= 4 is 17.7 Å². The van der Waals surface area contributed by atoms with E-state index >= 15 is 0 Å². The number of carbonyl (C=O) groups excluding carboxylic acids is 1. The van der Waals surface area contributed by atoms with Crippen molar-refractivity contribution in [3.63, 3.8) is 0 Å². The summed E-state index contributed by atoms with van der Waals surface area (Å²) in [5.74, 6) is -1.44. The molecule has 78 heavy (non-hydrogen) atoms. The van der Waals surface area contributed by atoms with Gasteiger partial charge in [0, 0.05) is 12.0 Å². The third-order valence-electron chi connectivity index (χ3n) is 17.2. The minimum atomic E-state index is -1.04. The van der Waals surface area contributed by atoms with Gasteiger partial charge in [-0.05, 0) is 190 Å². The van der Waals surface area contributed by atoms with Crippen LogP contribution in [0.3, 0.4) is 0 Å². The van der Waals surface area contributed by atoms with Crippen LogP contribution in [0.15, 0.2) is 146 Å². The lowest BCUT2D eigenvalue weighted by Gasteiger charge is -2.42. The van der Waals surface area contributed by atoms with E-state index in [9.17, 15) is 39.9 Å². The highest BCUT2D eigenvalue weighted by molar-refractivity contribution is 5.96. The van der Waals surface area contributed by atoms with Crippen LogP contribution in [0.25, 0.3) is 0 Å². The van der Waals surface area contributed by atoms with Crippen LogP contribution in [-0.4, -0.2) is 92.3 Å². The monoisotopic (exact) mass is 1060 g/mol. The fourth-order valence-corrected chi connectivity index (χ4v) is 11.4. The molecule has 10 nitrogen and oxygen atoms in total. The van der Waals surface area contributed by atoms with Crippen LogP contribution in [0.5, 0.6) is 0 Å². The van der Waals surface area contributed by atoms with Gasteiger partial charge < -0.3 is 35.3 Å². The lowest BCUT2D eigenvalue weighted by molar-refractivity contribution is -0.143. The first kappa shape index (κ1) is 59.4. The molecule has 2 aliphatic rings. The number of Topliss-reactive ketones (excluding diaryl/α,β-unsaturated/α-hetero) is 1. The number of carbonyl (C=O) groups is 3. The summed E-state index contributed by atoms with van der Waals surface area (Å²) in [6, 6.07) is 47.4. The second-order valence-corrected chi connectivity index (χ2v) is 23.5. The molecular weight excluding hydrogens is 973 g/mol. The Balaban J connectivity index is 0.000000226. The van der Waals surface area contributed by atoms with E-state index in [0.717, 1.165) is 111 Å². The van der Waals surface area contributed by atoms with Crippen LogP contribution < -0.4 is 0 Å². The summed E-state index contributed by atoms with van der Waals surface area (Å²) in [6.07, 6.45) is 5.75. The molecule has 2 aliphatic heterocycles. The molecule has 0 saturated carbocycles. The Labute approximate surface area is 463 Å². The lowest BCUT2D eigenvalue weighted by Crippen LogP contribution is -2.44. The van der Waals surface area contributed by atoms with Crippen molar-refractivity contribution in [1.29, 1.82) is 0 Å². The molecular formula is C68H84N2O8. The number of benzene rings is 6. The maximum Gasteiger partial charge on any atom is 0.313 e. The van der Waals surface area contributed by atoms with Crippen LogP contribution in [0.2, 0.25) is 0 Å². The molecule has 0 spiro atoms. The SMILES string of the molecule is Cc1ccc(C(O)(c2ccc(C)cc2)C2CCN(CCCC(=O)c3ccc(C(C)(C)C(=O)O)cc3)CC2)cc1.Cc1ccc(C(O)(c2ccc(C)cc2)C2CCN(CCCC(O)c3ccc(C(C)(C)C(=O)O)cc3)CC2)cc1. The number of carboxylic acid groups (broad SMARTS) is 2. The first-order chi connectivity index (χ1) is 37.0. The van der Waals surface area contributed by atoms with Gasteiger partial charge in [0.25, 0.3) is 0 Å². The van der Waals surface area contributed by atoms with Crippen LogP contribution in [-0.2, 0) is 31.6 Å². The molecule has 0 aromatic heterocycles. The Morgan fingerprint density at radius 1 is 0.462 bits per heavy atom. The Morgan fingerprint density at radius 3 is 1.08 bits per heavy atom. The van der Waals surface area contributed by atoms with Gasteiger partial charge in [0.2, 0.25) is 0 Å². The molecule has 0 aliphatic carbocycles. The average Bonchev–Trinajstić information content (AvgIpc) is 3.46. The number of hydrogen-bond acceptors (Lipinski definition) is 8. The maximum atomic E-state index is 12.8. The number of aryl methyl sites for hydroxylation is 4. The zero-order valence-electron chi connectivity index (χ0n) is 47.3. The van der Waals surface area contributed by atoms with E-state index in [1.165, 1.54) is 22.3 Å². The second-order valence-electron chi connectivity index (χ2n) is 23.5. The number of aliphatic hydroxyl groups excluding tert-OH is 1. The Hall–Kier alpha value is -6.27. The summed E-state index contributed by atoms with van der Waals surface area (Å²) in [7, 11) is 0. The smallest absolute Gasteiger partial charge is 0.313 e. The summed E-state index contributed by atoms with van der Waals surface area (Å²) in [4.78, 5) is 40.6. The van der Waals surface area contributed by atoms with Gasteiger partial charge in [-0.15, -0.1) is 0 Å². The molecule has 8 rings (SSSR count). The highest BCUT2D eigenvalue weighted by Crippen LogP contribution is 2.44. The van der Waals surface area contributed by atoms with Crippen LogP contribution >= 0.6 is 0 Å². The number of piperidine rings is 2. The van der Waals surface area contributed by atoms with Gasteiger partial charge in [0.15, 0.2) is 5.78 Å². The standard InChI is InChI=1S/C34H43NO4.C34H41NO4/c2*1-24-7-13-28(14-8-24)34(39,29-15-9-25(2)10-16-29)30-19-22-35(23-20-30)21-5-6-31(36)26-11-17-27(18-12-26)33(3,4)32(37)38/h7-18,30-31,36,39H,5-6,19-23H2,1-4H3,(H,37,38);7-18,30,39H,5-6,19-23H2,1-4H3,(H,37,38). The van der Waals surface area contributed by atoms with E-state index in [2.05, 4.69) is 135 Å². The van der Waals surface area contributed by atoms with E-state index < -0.39 is 40.1 Å². The summed E-state index contributed by atoms with van der Waals surface area (Å²) >= 11 is 0. The predicted octanol–water partition coefficient (Wildman–Crippen LogP) is 12.4. The van der Waals surface area contributed by atoms with E-state index in [0.29, 0.717) is 24.0 Å². The molecule has 2 saturated heterocycles. The minimum absolute atomic E-state index is 0.0812. The fraction of sp³-hybridized carbons (Fsp3) is 0.426. The Kier molecular flexibility index (Phi) is 19.6. The van der Waals surface area contributed by atoms with Gasteiger partial charge in [-0.3, -0.25) is 14.4 Å². The molecule has 5 N–H and O–H groups in total.